The molecule has 15 heavy (non-hydrogen) atoms. The molecule has 2 amide bonds. The van der Waals surface area contributed by atoms with Crippen molar-refractivity contribution < 1.29 is 9.59 Å². The molecule has 3 heteroatoms. The molecule has 1 rings (SSSR count). The Balaban J connectivity index is 2.90. The van der Waals surface area contributed by atoms with Gasteiger partial charge < -0.3 is 0 Å². The Morgan fingerprint density at radius 3 is 1.80 bits per heavy atom. The number of carbonyl (C=O) groups excluding carboxylic acids is 2. The summed E-state index contributed by atoms with van der Waals surface area (Å²) in [6.45, 7) is 10.3. The fourth-order valence-electron chi connectivity index (χ4n) is 1.61. The summed E-state index contributed by atoms with van der Waals surface area (Å²) in [5.41, 5.74) is -0.0721. The topological polar surface area (TPSA) is 37.4 Å². The molecule has 0 bridgehead atoms. The van der Waals surface area contributed by atoms with Gasteiger partial charge in [0.1, 0.15) is 0 Å². The molecule has 1 unspecified atom stereocenters. The first-order chi connectivity index (χ1) is 6.78. The molecule has 0 saturated carbocycles. The van der Waals surface area contributed by atoms with Crippen LogP contribution in [0, 0.1) is 11.3 Å². The second-order valence-corrected chi connectivity index (χ2v) is 5.03. The largest absolute Gasteiger partial charge is 0.272 e. The second kappa shape index (κ2) is 3.80. The van der Waals surface area contributed by atoms with Gasteiger partial charge in [0.05, 0.1) is 0 Å². The highest BCUT2D eigenvalue weighted by molar-refractivity contribution is 6.13. The molecule has 0 spiro atoms. The van der Waals surface area contributed by atoms with Crippen LogP contribution < -0.4 is 0 Å². The van der Waals surface area contributed by atoms with E-state index >= 15 is 0 Å². The van der Waals surface area contributed by atoms with E-state index in [4.69, 9.17) is 0 Å². The zero-order valence-corrected chi connectivity index (χ0v) is 10.1. The number of hydrogen-bond acceptors (Lipinski definition) is 2. The van der Waals surface area contributed by atoms with Gasteiger partial charge in [-0.2, -0.15) is 0 Å². The molecule has 0 saturated heterocycles. The lowest BCUT2D eigenvalue weighted by Gasteiger charge is -2.40. The normalized spacial score (nSPS) is 19.2. The summed E-state index contributed by atoms with van der Waals surface area (Å²) in [6.07, 6.45) is 2.68. The molecule has 0 aromatic rings. The van der Waals surface area contributed by atoms with Crippen molar-refractivity contribution in [3.8, 4) is 0 Å². The minimum absolute atomic E-state index is 0.0721. The predicted octanol–water partition coefficient (Wildman–Crippen LogP) is 1.98. The molecule has 1 aliphatic rings. The van der Waals surface area contributed by atoms with Crippen molar-refractivity contribution in [3.05, 3.63) is 12.2 Å². The van der Waals surface area contributed by atoms with Gasteiger partial charge in [0.15, 0.2) is 0 Å². The van der Waals surface area contributed by atoms with E-state index in [1.807, 2.05) is 6.92 Å². The summed E-state index contributed by atoms with van der Waals surface area (Å²) in [7, 11) is 0. The molecule has 0 aromatic carbocycles. The SMILES string of the molecule is CC(C)C(C)(C)C(C)N1C(=O)C=CC1=O. The zero-order chi connectivity index (χ0) is 11.8. The highest BCUT2D eigenvalue weighted by Gasteiger charge is 2.39. The first kappa shape index (κ1) is 12.0. The van der Waals surface area contributed by atoms with Gasteiger partial charge in [-0.1, -0.05) is 27.7 Å². The highest BCUT2D eigenvalue weighted by atomic mass is 16.2. The van der Waals surface area contributed by atoms with E-state index in [0.717, 1.165) is 0 Å². The lowest BCUT2D eigenvalue weighted by molar-refractivity contribution is -0.142. The van der Waals surface area contributed by atoms with Crippen LogP contribution in [0.4, 0.5) is 0 Å². The van der Waals surface area contributed by atoms with Gasteiger partial charge in [-0.3, -0.25) is 14.5 Å². The first-order valence-corrected chi connectivity index (χ1v) is 5.33. The number of amides is 2. The van der Waals surface area contributed by atoms with Crippen LogP contribution in [0.5, 0.6) is 0 Å². The van der Waals surface area contributed by atoms with Gasteiger partial charge in [-0.25, -0.2) is 0 Å². The highest BCUT2D eigenvalue weighted by Crippen LogP contribution is 2.34. The summed E-state index contributed by atoms with van der Waals surface area (Å²) < 4.78 is 0. The van der Waals surface area contributed by atoms with Crippen molar-refractivity contribution >= 4 is 11.8 Å². The minimum atomic E-state index is -0.193. The molecule has 84 valence electrons. The van der Waals surface area contributed by atoms with E-state index in [2.05, 4.69) is 27.7 Å². The molecule has 0 aromatic heterocycles. The maximum Gasteiger partial charge on any atom is 0.253 e. The monoisotopic (exact) mass is 209 g/mol. The van der Waals surface area contributed by atoms with E-state index in [1.54, 1.807) is 0 Å². The third-order valence-electron chi connectivity index (χ3n) is 3.80. The molecule has 0 fully saturated rings. The zero-order valence-electron chi connectivity index (χ0n) is 10.1. The van der Waals surface area contributed by atoms with E-state index in [-0.39, 0.29) is 23.3 Å². The van der Waals surface area contributed by atoms with Gasteiger partial charge in [0.2, 0.25) is 0 Å². The van der Waals surface area contributed by atoms with Crippen LogP contribution in [-0.4, -0.2) is 22.8 Å². The number of imide groups is 1. The van der Waals surface area contributed by atoms with Crippen LogP contribution in [-0.2, 0) is 9.59 Å². The maximum absolute atomic E-state index is 11.5. The molecule has 1 heterocycles. The van der Waals surface area contributed by atoms with Crippen LogP contribution in [0.3, 0.4) is 0 Å². The molecule has 0 radical (unpaired) electrons. The lowest BCUT2D eigenvalue weighted by atomic mass is 9.75. The molecule has 1 aliphatic heterocycles. The summed E-state index contributed by atoms with van der Waals surface area (Å²) in [5, 5.41) is 0. The van der Waals surface area contributed by atoms with Crippen LogP contribution in [0.2, 0.25) is 0 Å². The van der Waals surface area contributed by atoms with E-state index in [1.165, 1.54) is 17.1 Å². The molecule has 3 nitrogen and oxygen atoms in total. The molecule has 0 aliphatic carbocycles. The van der Waals surface area contributed by atoms with Gasteiger partial charge in [0, 0.05) is 18.2 Å². The summed E-state index contributed by atoms with van der Waals surface area (Å²) >= 11 is 0. The van der Waals surface area contributed by atoms with E-state index in [0.29, 0.717) is 5.92 Å². The average molecular weight is 209 g/mol. The Hall–Kier alpha value is -1.12. The Labute approximate surface area is 91.1 Å². The quantitative estimate of drug-likeness (QED) is 0.666. The van der Waals surface area contributed by atoms with Crippen molar-refractivity contribution in [1.82, 2.24) is 4.90 Å². The smallest absolute Gasteiger partial charge is 0.253 e. The van der Waals surface area contributed by atoms with Gasteiger partial charge in [0.25, 0.3) is 11.8 Å². The van der Waals surface area contributed by atoms with Gasteiger partial charge >= 0.3 is 0 Å². The number of nitrogens with zero attached hydrogens (tertiary/aromatic N) is 1. The van der Waals surface area contributed by atoms with Crippen LogP contribution >= 0.6 is 0 Å². The third kappa shape index (κ3) is 1.96. The maximum atomic E-state index is 11.5. The van der Waals surface area contributed by atoms with Crippen molar-refractivity contribution in [2.45, 2.75) is 40.7 Å². The molecular weight excluding hydrogens is 190 g/mol. The summed E-state index contributed by atoms with van der Waals surface area (Å²) in [6, 6.07) is -0.0764. The number of carbonyl (C=O) groups is 2. The van der Waals surface area contributed by atoms with Gasteiger partial charge in [-0.15, -0.1) is 0 Å². The van der Waals surface area contributed by atoms with Crippen LogP contribution in [0.1, 0.15) is 34.6 Å². The lowest BCUT2D eigenvalue weighted by Crippen LogP contribution is -2.48. The molecular formula is C12H19NO2. The number of hydrogen-bond donors (Lipinski definition) is 0. The third-order valence-corrected chi connectivity index (χ3v) is 3.80. The Bertz CT molecular complexity index is 298. The van der Waals surface area contributed by atoms with Crippen molar-refractivity contribution in [2.24, 2.45) is 11.3 Å². The summed E-state index contributed by atoms with van der Waals surface area (Å²) in [5.74, 6) is 0.0242. The van der Waals surface area contributed by atoms with E-state index in [9.17, 15) is 9.59 Å². The second-order valence-electron chi connectivity index (χ2n) is 5.03. The van der Waals surface area contributed by atoms with E-state index < -0.39 is 0 Å². The Morgan fingerprint density at radius 2 is 1.47 bits per heavy atom. The number of rotatable bonds is 3. The molecule has 0 N–H and O–H groups in total. The van der Waals surface area contributed by atoms with Gasteiger partial charge in [-0.05, 0) is 18.3 Å². The minimum Gasteiger partial charge on any atom is -0.272 e. The molecule has 1 atom stereocenters. The van der Waals surface area contributed by atoms with Crippen LogP contribution in [0.15, 0.2) is 12.2 Å². The van der Waals surface area contributed by atoms with Crippen molar-refractivity contribution in [1.29, 1.82) is 0 Å². The fraction of sp³-hybridized carbons (Fsp3) is 0.667. The Kier molecular flexibility index (Phi) is 3.03. The average Bonchev–Trinajstić information content (AvgIpc) is 2.45. The fourth-order valence-corrected chi connectivity index (χ4v) is 1.61. The summed E-state index contributed by atoms with van der Waals surface area (Å²) in [4.78, 5) is 24.4. The first-order valence-electron chi connectivity index (χ1n) is 5.33. The standard InChI is InChI=1S/C12H19NO2/c1-8(2)12(4,5)9(3)13-10(14)6-7-11(13)15/h6-9H,1-5H3. The van der Waals surface area contributed by atoms with Crippen LogP contribution in [0.25, 0.3) is 0 Å². The van der Waals surface area contributed by atoms with Crippen molar-refractivity contribution in [3.63, 3.8) is 0 Å². The Morgan fingerprint density at radius 1 is 1.07 bits per heavy atom. The van der Waals surface area contributed by atoms with Crippen molar-refractivity contribution in [2.75, 3.05) is 0 Å². The predicted molar refractivity (Wildman–Crippen MR) is 59.1 cm³/mol.